The van der Waals surface area contributed by atoms with E-state index in [0.717, 1.165) is 50.4 Å². The molecule has 0 aliphatic carbocycles. The highest BCUT2D eigenvalue weighted by Crippen LogP contribution is 2.14. The van der Waals surface area contributed by atoms with E-state index in [1.807, 2.05) is 0 Å². The second-order valence-electron chi connectivity index (χ2n) is 10.4. The normalized spacial score (nSPS) is 12.3. The third-order valence-electron chi connectivity index (χ3n) is 6.01. The van der Waals surface area contributed by atoms with E-state index >= 15 is 0 Å². The van der Waals surface area contributed by atoms with Crippen LogP contribution in [0.1, 0.15) is 137 Å². The predicted molar refractivity (Wildman–Crippen MR) is 136 cm³/mol. The van der Waals surface area contributed by atoms with E-state index in [-0.39, 0.29) is 25.2 Å². The van der Waals surface area contributed by atoms with Crippen LogP contribution in [-0.4, -0.2) is 36.4 Å². The van der Waals surface area contributed by atoms with Crippen LogP contribution in [0.5, 0.6) is 0 Å². The Morgan fingerprint density at radius 1 is 0.606 bits per heavy atom. The van der Waals surface area contributed by atoms with Crippen molar-refractivity contribution in [2.45, 2.75) is 143 Å². The molecule has 0 rings (SSSR count). The van der Waals surface area contributed by atoms with Gasteiger partial charge >= 0.3 is 11.9 Å². The van der Waals surface area contributed by atoms with Crippen molar-refractivity contribution in [3.63, 3.8) is 0 Å². The van der Waals surface area contributed by atoms with E-state index in [0.29, 0.717) is 12.8 Å². The zero-order valence-corrected chi connectivity index (χ0v) is 22.2. The van der Waals surface area contributed by atoms with Crippen molar-refractivity contribution >= 4 is 11.9 Å². The molecule has 5 nitrogen and oxygen atoms in total. The van der Waals surface area contributed by atoms with Crippen LogP contribution in [0.15, 0.2) is 0 Å². The molecule has 0 heterocycles. The summed E-state index contributed by atoms with van der Waals surface area (Å²) in [6.45, 7) is 8.65. The number of aliphatic hydroxyl groups excluding tert-OH is 1. The van der Waals surface area contributed by atoms with Crippen molar-refractivity contribution in [2.75, 3.05) is 13.2 Å². The van der Waals surface area contributed by atoms with Gasteiger partial charge in [-0.3, -0.25) is 9.59 Å². The Morgan fingerprint density at radius 3 is 1.42 bits per heavy atom. The van der Waals surface area contributed by atoms with Crippen LogP contribution in [0.4, 0.5) is 0 Å². The molecule has 0 aromatic carbocycles. The Hall–Kier alpha value is -1.10. The van der Waals surface area contributed by atoms with Gasteiger partial charge in [0, 0.05) is 12.8 Å². The van der Waals surface area contributed by atoms with Crippen LogP contribution in [0.2, 0.25) is 0 Å². The third kappa shape index (κ3) is 23.8. The SMILES string of the molecule is CC(C)CCCCCCCCCC(=O)OC[C@H](CO)OC(=O)CCCCCCCCC(C)C. The number of esters is 2. The molecule has 0 aromatic heterocycles. The average Bonchev–Trinajstić information content (AvgIpc) is 2.76. The lowest BCUT2D eigenvalue weighted by molar-refractivity contribution is -0.161. The van der Waals surface area contributed by atoms with Gasteiger partial charge in [-0.15, -0.1) is 0 Å². The minimum atomic E-state index is -0.761. The Labute approximate surface area is 204 Å². The number of hydrogen-bond donors (Lipinski definition) is 1. The molecule has 0 aliphatic rings. The number of ether oxygens (including phenoxy) is 2. The zero-order chi connectivity index (χ0) is 24.7. The lowest BCUT2D eigenvalue weighted by Gasteiger charge is -2.15. The molecule has 0 saturated heterocycles. The van der Waals surface area contributed by atoms with Crippen molar-refractivity contribution in [3.05, 3.63) is 0 Å². The van der Waals surface area contributed by atoms with Gasteiger partial charge in [-0.05, 0) is 24.7 Å². The van der Waals surface area contributed by atoms with Crippen molar-refractivity contribution in [1.82, 2.24) is 0 Å². The predicted octanol–water partition coefficient (Wildman–Crippen LogP) is 7.38. The summed E-state index contributed by atoms with van der Waals surface area (Å²) < 4.78 is 10.5. The first kappa shape index (κ1) is 31.9. The number of carbonyl (C=O) groups is 2. The molecule has 33 heavy (non-hydrogen) atoms. The number of hydrogen-bond acceptors (Lipinski definition) is 5. The summed E-state index contributed by atoms with van der Waals surface area (Å²) in [5, 5.41) is 9.42. The first-order valence-electron chi connectivity index (χ1n) is 13.8. The molecule has 0 radical (unpaired) electrons. The molecule has 0 unspecified atom stereocenters. The topological polar surface area (TPSA) is 72.8 Å². The minimum Gasteiger partial charge on any atom is -0.462 e. The summed E-state index contributed by atoms with van der Waals surface area (Å²) in [5.74, 6) is 0.971. The number of aliphatic hydroxyl groups is 1. The van der Waals surface area contributed by atoms with E-state index in [4.69, 9.17) is 9.47 Å². The summed E-state index contributed by atoms with van der Waals surface area (Å²) in [7, 11) is 0. The van der Waals surface area contributed by atoms with E-state index < -0.39 is 6.10 Å². The molecular weight excluding hydrogens is 416 g/mol. The first-order chi connectivity index (χ1) is 15.8. The van der Waals surface area contributed by atoms with Crippen molar-refractivity contribution in [1.29, 1.82) is 0 Å². The summed E-state index contributed by atoms with van der Waals surface area (Å²) in [6, 6.07) is 0. The third-order valence-corrected chi connectivity index (χ3v) is 6.01. The largest absolute Gasteiger partial charge is 0.462 e. The maximum atomic E-state index is 12.0. The van der Waals surface area contributed by atoms with Crippen molar-refractivity contribution in [2.24, 2.45) is 11.8 Å². The van der Waals surface area contributed by atoms with E-state index in [9.17, 15) is 14.7 Å². The highest BCUT2D eigenvalue weighted by atomic mass is 16.6. The van der Waals surface area contributed by atoms with Crippen LogP contribution in [-0.2, 0) is 19.1 Å². The Morgan fingerprint density at radius 2 is 1.00 bits per heavy atom. The fourth-order valence-corrected chi connectivity index (χ4v) is 3.86. The number of rotatable bonds is 23. The summed E-state index contributed by atoms with van der Waals surface area (Å²) in [6.07, 6.45) is 17.5. The zero-order valence-electron chi connectivity index (χ0n) is 22.2. The van der Waals surface area contributed by atoms with Crippen LogP contribution in [0, 0.1) is 11.8 Å². The molecule has 196 valence electrons. The van der Waals surface area contributed by atoms with Gasteiger partial charge in [-0.1, -0.05) is 111 Å². The molecule has 0 amide bonds. The quantitative estimate of drug-likeness (QED) is 0.125. The molecule has 1 atom stereocenters. The molecule has 1 N–H and O–H groups in total. The molecule has 0 saturated carbocycles. The summed E-state index contributed by atoms with van der Waals surface area (Å²) in [5.41, 5.74) is 0. The standard InChI is InChI=1S/C28H54O5/c1-24(2)18-14-10-6-5-7-12-16-20-27(30)32-23-26(22-29)33-28(31)21-17-13-9-8-11-15-19-25(3)4/h24-26,29H,5-23H2,1-4H3/t26-/m0/s1. The van der Waals surface area contributed by atoms with Gasteiger partial charge < -0.3 is 14.6 Å². The molecule has 0 spiro atoms. The highest BCUT2D eigenvalue weighted by Gasteiger charge is 2.16. The van der Waals surface area contributed by atoms with Gasteiger partial charge in [0.1, 0.15) is 6.61 Å². The van der Waals surface area contributed by atoms with Crippen LogP contribution >= 0.6 is 0 Å². The van der Waals surface area contributed by atoms with Gasteiger partial charge in [0.05, 0.1) is 6.61 Å². The molecule has 0 aromatic rings. The molecule has 0 aliphatic heterocycles. The van der Waals surface area contributed by atoms with Crippen molar-refractivity contribution < 1.29 is 24.2 Å². The van der Waals surface area contributed by atoms with Crippen LogP contribution in [0.3, 0.4) is 0 Å². The second-order valence-corrected chi connectivity index (χ2v) is 10.4. The van der Waals surface area contributed by atoms with E-state index in [2.05, 4.69) is 27.7 Å². The van der Waals surface area contributed by atoms with Gasteiger partial charge in [0.25, 0.3) is 0 Å². The van der Waals surface area contributed by atoms with Crippen molar-refractivity contribution in [3.8, 4) is 0 Å². The van der Waals surface area contributed by atoms with Gasteiger partial charge in [0.2, 0.25) is 0 Å². The number of carbonyl (C=O) groups excluding carboxylic acids is 2. The van der Waals surface area contributed by atoms with Crippen LogP contribution in [0.25, 0.3) is 0 Å². The average molecular weight is 471 g/mol. The summed E-state index contributed by atoms with van der Waals surface area (Å²) in [4.78, 5) is 23.9. The highest BCUT2D eigenvalue weighted by molar-refractivity contribution is 5.70. The fourth-order valence-electron chi connectivity index (χ4n) is 3.86. The van der Waals surface area contributed by atoms with E-state index in [1.165, 1.54) is 57.8 Å². The minimum absolute atomic E-state index is 0.0627. The molecule has 5 heteroatoms. The molecular formula is C28H54O5. The summed E-state index contributed by atoms with van der Waals surface area (Å²) >= 11 is 0. The maximum Gasteiger partial charge on any atom is 0.306 e. The lowest BCUT2D eigenvalue weighted by atomic mass is 10.0. The lowest BCUT2D eigenvalue weighted by Crippen LogP contribution is -2.28. The Bertz CT molecular complexity index is 461. The molecule has 0 bridgehead atoms. The van der Waals surface area contributed by atoms with Crippen LogP contribution < -0.4 is 0 Å². The van der Waals surface area contributed by atoms with Gasteiger partial charge in [-0.25, -0.2) is 0 Å². The Balaban J connectivity index is 3.63. The van der Waals surface area contributed by atoms with E-state index in [1.54, 1.807) is 0 Å². The van der Waals surface area contributed by atoms with Gasteiger partial charge in [-0.2, -0.15) is 0 Å². The molecule has 0 fully saturated rings. The second kappa shape index (κ2) is 22.7. The van der Waals surface area contributed by atoms with Gasteiger partial charge in [0.15, 0.2) is 6.10 Å². The number of unbranched alkanes of at least 4 members (excludes halogenated alkanes) is 11. The smallest absolute Gasteiger partial charge is 0.306 e. The maximum absolute atomic E-state index is 12.0. The monoisotopic (exact) mass is 470 g/mol. The Kier molecular flexibility index (Phi) is 21.9. The fraction of sp³-hybridized carbons (Fsp3) is 0.929. The first-order valence-corrected chi connectivity index (χ1v) is 13.8.